The van der Waals surface area contributed by atoms with Crippen LogP contribution in [0.25, 0.3) is 0 Å². The van der Waals surface area contributed by atoms with Gasteiger partial charge in [0.05, 0.1) is 0 Å². The molecule has 0 aliphatic heterocycles. The van der Waals surface area contributed by atoms with Gasteiger partial charge in [0.15, 0.2) is 5.76 Å². The van der Waals surface area contributed by atoms with Crippen LogP contribution in [0.15, 0.2) is 12.3 Å². The Kier molecular flexibility index (Phi) is 7.99. The maximum absolute atomic E-state index is 10.1. The minimum atomic E-state index is -1.11. The third kappa shape index (κ3) is 7.37. The van der Waals surface area contributed by atoms with Gasteiger partial charge in [0.1, 0.15) is 6.61 Å². The van der Waals surface area contributed by atoms with Gasteiger partial charge in [-0.05, 0) is 20.7 Å². The van der Waals surface area contributed by atoms with Gasteiger partial charge < -0.3 is 14.7 Å². The van der Waals surface area contributed by atoms with Crippen LogP contribution in [0.2, 0.25) is 0 Å². The van der Waals surface area contributed by atoms with E-state index in [1.807, 2.05) is 19.0 Å². The van der Waals surface area contributed by atoms with E-state index < -0.39 is 5.97 Å². The molecule has 0 aliphatic carbocycles. The van der Waals surface area contributed by atoms with Crippen LogP contribution in [0.3, 0.4) is 0 Å². The fourth-order valence-electron chi connectivity index (χ4n) is 0.413. The molecule has 0 rings (SSSR count). The lowest BCUT2D eigenvalue weighted by molar-refractivity contribution is -0.136. The van der Waals surface area contributed by atoms with E-state index in [0.717, 1.165) is 0 Å². The molecule has 0 aromatic heterocycles. The van der Waals surface area contributed by atoms with Crippen LogP contribution < -0.4 is 0 Å². The number of aliphatic carboxylic acids is 1. The zero-order chi connectivity index (χ0) is 8.85. The average molecular weight is 196 g/mol. The van der Waals surface area contributed by atoms with E-state index in [1.165, 1.54) is 0 Å². The van der Waals surface area contributed by atoms with E-state index in [2.05, 4.69) is 6.58 Å². The summed E-state index contributed by atoms with van der Waals surface area (Å²) >= 11 is 0. The van der Waals surface area contributed by atoms with E-state index in [-0.39, 0.29) is 18.2 Å². The molecule has 0 amide bonds. The number of likely N-dealkylation sites (N-methyl/N-ethyl adjacent to an activating group) is 1. The summed E-state index contributed by atoms with van der Waals surface area (Å²) in [7, 11) is 3.76. The van der Waals surface area contributed by atoms with Crippen molar-refractivity contribution in [3.05, 3.63) is 12.3 Å². The molecule has 4 nitrogen and oxygen atoms in total. The first-order valence-electron chi connectivity index (χ1n) is 3.23. The third-order valence-electron chi connectivity index (χ3n) is 1.05. The molecule has 1 N–H and O–H groups in total. The summed E-state index contributed by atoms with van der Waals surface area (Å²) in [5, 5.41) is 8.31. The molecule has 5 heteroatoms. The first-order chi connectivity index (χ1) is 5.04. The van der Waals surface area contributed by atoms with Crippen LogP contribution in [0, 0.1) is 0 Å². The average Bonchev–Trinajstić information content (AvgIpc) is 1.86. The zero-order valence-corrected chi connectivity index (χ0v) is 8.06. The summed E-state index contributed by atoms with van der Waals surface area (Å²) in [5.41, 5.74) is 0. The number of carbonyl (C=O) groups is 1. The van der Waals surface area contributed by atoms with Crippen LogP contribution in [0.1, 0.15) is 0 Å². The van der Waals surface area contributed by atoms with E-state index in [1.54, 1.807) is 0 Å². The molecule has 0 aliphatic rings. The van der Waals surface area contributed by atoms with Crippen molar-refractivity contribution in [1.29, 1.82) is 0 Å². The topological polar surface area (TPSA) is 49.8 Å². The van der Waals surface area contributed by atoms with Crippen molar-refractivity contribution < 1.29 is 14.6 Å². The van der Waals surface area contributed by atoms with Gasteiger partial charge in [-0.15, -0.1) is 12.4 Å². The van der Waals surface area contributed by atoms with Gasteiger partial charge in [0, 0.05) is 6.54 Å². The second-order valence-corrected chi connectivity index (χ2v) is 2.38. The monoisotopic (exact) mass is 195 g/mol. The first kappa shape index (κ1) is 13.8. The van der Waals surface area contributed by atoms with Crippen molar-refractivity contribution in [1.82, 2.24) is 4.90 Å². The Morgan fingerprint density at radius 3 is 2.42 bits per heavy atom. The molecular weight excluding hydrogens is 182 g/mol. The Labute approximate surface area is 78.2 Å². The Balaban J connectivity index is 0. The van der Waals surface area contributed by atoms with Crippen LogP contribution in [0.4, 0.5) is 0 Å². The number of ether oxygens (including phenoxy) is 1. The van der Waals surface area contributed by atoms with Gasteiger partial charge in [0.2, 0.25) is 0 Å². The Morgan fingerprint density at radius 2 is 2.08 bits per heavy atom. The highest BCUT2D eigenvalue weighted by molar-refractivity contribution is 5.85. The van der Waals surface area contributed by atoms with Crippen molar-refractivity contribution >= 4 is 18.4 Å². The molecular formula is C7H14ClNO3. The summed E-state index contributed by atoms with van der Waals surface area (Å²) < 4.78 is 4.78. The number of hydrogen-bond acceptors (Lipinski definition) is 3. The first-order valence-corrected chi connectivity index (χ1v) is 3.23. The number of hydrogen-bond donors (Lipinski definition) is 1. The number of carboxylic acids is 1. The largest absolute Gasteiger partial charge is 0.486 e. The number of halogens is 1. The smallest absolute Gasteiger partial charge is 0.370 e. The fourth-order valence-corrected chi connectivity index (χ4v) is 0.413. The van der Waals surface area contributed by atoms with Crippen LogP contribution in [-0.2, 0) is 9.53 Å². The van der Waals surface area contributed by atoms with E-state index in [9.17, 15) is 4.79 Å². The highest BCUT2D eigenvalue weighted by atomic mass is 35.5. The summed E-state index contributed by atoms with van der Waals surface area (Å²) in [5.74, 6) is -1.31. The minimum absolute atomic E-state index is 0. The minimum Gasteiger partial charge on any atom is -0.486 e. The molecule has 72 valence electrons. The number of carboxylic acid groups (broad SMARTS) is 1. The molecule has 0 bridgehead atoms. The summed E-state index contributed by atoms with van der Waals surface area (Å²) in [6, 6.07) is 0. The van der Waals surface area contributed by atoms with Crippen molar-refractivity contribution in [2.45, 2.75) is 0 Å². The van der Waals surface area contributed by atoms with Gasteiger partial charge in [-0.1, -0.05) is 0 Å². The molecule has 0 fully saturated rings. The molecule has 0 radical (unpaired) electrons. The highest BCUT2D eigenvalue weighted by Gasteiger charge is 2.03. The zero-order valence-electron chi connectivity index (χ0n) is 7.24. The fraction of sp³-hybridized carbons (Fsp3) is 0.571. The Morgan fingerprint density at radius 1 is 1.58 bits per heavy atom. The molecule has 0 heterocycles. The second-order valence-electron chi connectivity index (χ2n) is 2.38. The standard InChI is InChI=1S/C7H13NO3.ClH/c1-6(7(9)10)11-5-4-8(2)3;/h1,4-5H2,2-3H3,(H,9,10);1H. The van der Waals surface area contributed by atoms with E-state index >= 15 is 0 Å². The molecule has 12 heavy (non-hydrogen) atoms. The van der Waals surface area contributed by atoms with Crippen molar-refractivity contribution in [2.75, 3.05) is 27.2 Å². The normalized spacial score (nSPS) is 8.92. The summed E-state index contributed by atoms with van der Waals surface area (Å²) in [6.45, 7) is 4.26. The van der Waals surface area contributed by atoms with Gasteiger partial charge >= 0.3 is 5.97 Å². The lowest BCUT2D eigenvalue weighted by atomic mass is 10.5. The van der Waals surface area contributed by atoms with Crippen molar-refractivity contribution in [3.8, 4) is 0 Å². The Bertz CT molecular complexity index is 159. The van der Waals surface area contributed by atoms with E-state index in [4.69, 9.17) is 9.84 Å². The SMILES string of the molecule is C=C(OCCN(C)C)C(=O)O.Cl. The molecule has 0 saturated heterocycles. The van der Waals surface area contributed by atoms with Crippen molar-refractivity contribution in [3.63, 3.8) is 0 Å². The quantitative estimate of drug-likeness (QED) is 0.515. The van der Waals surface area contributed by atoms with Gasteiger partial charge in [-0.2, -0.15) is 0 Å². The predicted octanol–water partition coefficient (Wildman–Crippen LogP) is 0.585. The second kappa shape index (κ2) is 6.94. The van der Waals surface area contributed by atoms with Crippen LogP contribution in [0.5, 0.6) is 0 Å². The maximum Gasteiger partial charge on any atom is 0.370 e. The molecule has 0 spiro atoms. The molecule has 0 saturated carbocycles. The van der Waals surface area contributed by atoms with Crippen molar-refractivity contribution in [2.24, 2.45) is 0 Å². The third-order valence-corrected chi connectivity index (χ3v) is 1.05. The lowest BCUT2D eigenvalue weighted by Gasteiger charge is -2.09. The Hall–Kier alpha value is -0.740. The predicted molar refractivity (Wildman–Crippen MR) is 48.5 cm³/mol. The number of nitrogens with zero attached hydrogens (tertiary/aromatic N) is 1. The van der Waals surface area contributed by atoms with Crippen LogP contribution in [-0.4, -0.2) is 43.2 Å². The number of rotatable bonds is 5. The molecule has 0 atom stereocenters. The van der Waals surface area contributed by atoms with Gasteiger partial charge in [-0.25, -0.2) is 4.79 Å². The maximum atomic E-state index is 10.1. The van der Waals surface area contributed by atoms with E-state index in [0.29, 0.717) is 13.2 Å². The lowest BCUT2D eigenvalue weighted by Crippen LogP contribution is -2.19. The summed E-state index contributed by atoms with van der Waals surface area (Å²) in [4.78, 5) is 12.0. The molecule has 0 aromatic carbocycles. The molecule has 0 aromatic rings. The van der Waals surface area contributed by atoms with Gasteiger partial charge in [0.25, 0.3) is 0 Å². The molecule has 0 unspecified atom stereocenters. The summed E-state index contributed by atoms with van der Waals surface area (Å²) in [6.07, 6.45) is 0. The highest BCUT2D eigenvalue weighted by Crippen LogP contribution is 1.92. The van der Waals surface area contributed by atoms with Crippen LogP contribution >= 0.6 is 12.4 Å². The van der Waals surface area contributed by atoms with Gasteiger partial charge in [-0.3, -0.25) is 0 Å².